The van der Waals surface area contributed by atoms with Crippen LogP contribution in [0.2, 0.25) is 0 Å². The highest BCUT2D eigenvalue weighted by atomic mass is 16.2. The van der Waals surface area contributed by atoms with E-state index in [4.69, 9.17) is 0 Å². The van der Waals surface area contributed by atoms with Crippen molar-refractivity contribution in [3.05, 3.63) is 0 Å². The number of carbonyl (C=O) groups excluding carboxylic acids is 2. The second-order valence-corrected chi connectivity index (χ2v) is 4.77. The highest BCUT2D eigenvalue weighted by Gasteiger charge is 2.42. The van der Waals surface area contributed by atoms with E-state index in [1.165, 1.54) is 0 Å². The molecule has 1 fully saturated rings. The van der Waals surface area contributed by atoms with Gasteiger partial charge in [-0.1, -0.05) is 0 Å². The van der Waals surface area contributed by atoms with Crippen LogP contribution in [0.1, 0.15) is 27.2 Å². The summed E-state index contributed by atoms with van der Waals surface area (Å²) in [6.45, 7) is 8.46. The van der Waals surface area contributed by atoms with Crippen molar-refractivity contribution in [1.29, 1.82) is 0 Å². The summed E-state index contributed by atoms with van der Waals surface area (Å²) >= 11 is 0. The van der Waals surface area contributed by atoms with Crippen LogP contribution in [0.4, 0.5) is 4.79 Å². The Labute approximate surface area is 103 Å². The molecular weight excluding hydrogens is 218 g/mol. The molecule has 0 radical (unpaired) electrons. The van der Waals surface area contributed by atoms with Crippen molar-refractivity contribution in [2.24, 2.45) is 5.41 Å². The first kappa shape index (κ1) is 13.8. The molecule has 3 amide bonds. The third-order valence-electron chi connectivity index (χ3n) is 3.55. The molecule has 5 heteroatoms. The van der Waals surface area contributed by atoms with Gasteiger partial charge < -0.3 is 15.1 Å². The van der Waals surface area contributed by atoms with Crippen LogP contribution in [0.15, 0.2) is 0 Å². The van der Waals surface area contributed by atoms with Crippen LogP contribution in [-0.2, 0) is 4.79 Å². The maximum atomic E-state index is 12.1. The number of amides is 3. The van der Waals surface area contributed by atoms with E-state index in [0.717, 1.165) is 6.42 Å². The van der Waals surface area contributed by atoms with Gasteiger partial charge in [0.1, 0.15) is 0 Å². The van der Waals surface area contributed by atoms with Crippen molar-refractivity contribution in [2.45, 2.75) is 27.2 Å². The SMILES string of the molecule is CCN(CC)C(=O)N1CCC(C)(C(=O)NC)C1. The number of nitrogens with one attached hydrogen (secondary N) is 1. The predicted molar refractivity (Wildman–Crippen MR) is 66.7 cm³/mol. The van der Waals surface area contributed by atoms with E-state index < -0.39 is 5.41 Å². The second kappa shape index (κ2) is 5.38. The largest absolute Gasteiger partial charge is 0.359 e. The van der Waals surface area contributed by atoms with E-state index in [1.54, 1.807) is 16.8 Å². The molecule has 0 saturated carbocycles. The molecule has 1 saturated heterocycles. The molecule has 1 atom stereocenters. The lowest BCUT2D eigenvalue weighted by Crippen LogP contribution is -2.45. The molecule has 1 N–H and O–H groups in total. The summed E-state index contributed by atoms with van der Waals surface area (Å²) in [4.78, 5) is 27.4. The monoisotopic (exact) mass is 241 g/mol. The number of rotatable bonds is 3. The minimum absolute atomic E-state index is 0.0207. The van der Waals surface area contributed by atoms with Gasteiger partial charge in [-0.25, -0.2) is 4.79 Å². The van der Waals surface area contributed by atoms with Crippen LogP contribution in [0.25, 0.3) is 0 Å². The molecule has 1 unspecified atom stereocenters. The smallest absolute Gasteiger partial charge is 0.320 e. The molecule has 1 heterocycles. The standard InChI is InChI=1S/C12H23N3O2/c1-5-14(6-2)11(17)15-8-7-12(3,9-15)10(16)13-4/h5-9H2,1-4H3,(H,13,16). The summed E-state index contributed by atoms with van der Waals surface area (Å²) in [5, 5.41) is 2.67. The minimum Gasteiger partial charge on any atom is -0.359 e. The van der Waals surface area contributed by atoms with Gasteiger partial charge in [0, 0.05) is 33.2 Å². The van der Waals surface area contributed by atoms with Crippen molar-refractivity contribution < 1.29 is 9.59 Å². The molecule has 5 nitrogen and oxygen atoms in total. The van der Waals surface area contributed by atoms with Gasteiger partial charge in [-0.15, -0.1) is 0 Å². The van der Waals surface area contributed by atoms with E-state index in [0.29, 0.717) is 26.2 Å². The Kier molecular flexibility index (Phi) is 4.37. The minimum atomic E-state index is -0.433. The second-order valence-electron chi connectivity index (χ2n) is 4.77. The summed E-state index contributed by atoms with van der Waals surface area (Å²) in [5.74, 6) is 0.0207. The highest BCUT2D eigenvalue weighted by molar-refractivity contribution is 5.84. The Morgan fingerprint density at radius 2 is 1.94 bits per heavy atom. The highest BCUT2D eigenvalue weighted by Crippen LogP contribution is 2.30. The summed E-state index contributed by atoms with van der Waals surface area (Å²) in [7, 11) is 1.64. The van der Waals surface area contributed by atoms with Gasteiger partial charge in [0.05, 0.1) is 5.41 Å². The molecule has 0 aromatic heterocycles. The van der Waals surface area contributed by atoms with Gasteiger partial charge in [-0.3, -0.25) is 4.79 Å². The van der Waals surface area contributed by atoms with E-state index in [2.05, 4.69) is 5.32 Å². The predicted octanol–water partition coefficient (Wildman–Crippen LogP) is 0.906. The fraction of sp³-hybridized carbons (Fsp3) is 0.833. The lowest BCUT2D eigenvalue weighted by atomic mass is 9.89. The zero-order chi connectivity index (χ0) is 13.1. The average molecular weight is 241 g/mol. The normalized spacial score (nSPS) is 23.6. The van der Waals surface area contributed by atoms with E-state index in [1.807, 2.05) is 20.8 Å². The lowest BCUT2D eigenvalue weighted by Gasteiger charge is -2.27. The number of urea groups is 1. The summed E-state index contributed by atoms with van der Waals surface area (Å²) in [6.07, 6.45) is 0.736. The first-order chi connectivity index (χ1) is 7.98. The maximum absolute atomic E-state index is 12.1. The van der Waals surface area contributed by atoms with E-state index >= 15 is 0 Å². The number of carbonyl (C=O) groups is 2. The zero-order valence-electron chi connectivity index (χ0n) is 11.2. The summed E-state index contributed by atoms with van der Waals surface area (Å²) in [5.41, 5.74) is -0.433. The Morgan fingerprint density at radius 3 is 2.41 bits per heavy atom. The van der Waals surface area contributed by atoms with Crippen LogP contribution in [0, 0.1) is 5.41 Å². The molecule has 1 aliphatic heterocycles. The third-order valence-corrected chi connectivity index (χ3v) is 3.55. The molecule has 0 aromatic carbocycles. The van der Waals surface area contributed by atoms with Crippen LogP contribution in [-0.4, -0.2) is 55.0 Å². The fourth-order valence-corrected chi connectivity index (χ4v) is 2.31. The molecule has 17 heavy (non-hydrogen) atoms. The van der Waals surface area contributed by atoms with Gasteiger partial charge in [0.2, 0.25) is 5.91 Å². The molecular formula is C12H23N3O2. The van der Waals surface area contributed by atoms with Crippen molar-refractivity contribution in [3.63, 3.8) is 0 Å². The van der Waals surface area contributed by atoms with Crippen LogP contribution >= 0.6 is 0 Å². The van der Waals surface area contributed by atoms with Gasteiger partial charge in [-0.05, 0) is 27.2 Å². The number of hydrogen-bond donors (Lipinski definition) is 1. The van der Waals surface area contributed by atoms with Crippen molar-refractivity contribution in [3.8, 4) is 0 Å². The Morgan fingerprint density at radius 1 is 1.35 bits per heavy atom. The van der Waals surface area contributed by atoms with Gasteiger partial charge in [0.25, 0.3) is 0 Å². The van der Waals surface area contributed by atoms with Gasteiger partial charge in [-0.2, -0.15) is 0 Å². The molecule has 1 aliphatic rings. The first-order valence-corrected chi connectivity index (χ1v) is 6.24. The molecule has 0 bridgehead atoms. The van der Waals surface area contributed by atoms with Gasteiger partial charge in [0.15, 0.2) is 0 Å². The Bertz CT molecular complexity index is 302. The van der Waals surface area contributed by atoms with Crippen LogP contribution in [0.3, 0.4) is 0 Å². The van der Waals surface area contributed by atoms with Crippen molar-refractivity contribution in [1.82, 2.24) is 15.1 Å². The third kappa shape index (κ3) is 2.70. The summed E-state index contributed by atoms with van der Waals surface area (Å²) < 4.78 is 0. The van der Waals surface area contributed by atoms with E-state index in [9.17, 15) is 9.59 Å². The Hall–Kier alpha value is -1.26. The average Bonchev–Trinajstić information content (AvgIpc) is 2.73. The molecule has 0 aromatic rings. The quantitative estimate of drug-likeness (QED) is 0.798. The van der Waals surface area contributed by atoms with Gasteiger partial charge >= 0.3 is 6.03 Å². The molecule has 1 rings (SSSR count). The molecule has 98 valence electrons. The van der Waals surface area contributed by atoms with Crippen molar-refractivity contribution in [2.75, 3.05) is 33.2 Å². The summed E-state index contributed by atoms with van der Waals surface area (Å²) in [6, 6.07) is 0.0441. The first-order valence-electron chi connectivity index (χ1n) is 6.24. The molecule has 0 aliphatic carbocycles. The number of likely N-dealkylation sites (tertiary alicyclic amines) is 1. The van der Waals surface area contributed by atoms with Crippen molar-refractivity contribution >= 4 is 11.9 Å². The maximum Gasteiger partial charge on any atom is 0.320 e. The topological polar surface area (TPSA) is 52.7 Å². The van der Waals surface area contributed by atoms with E-state index in [-0.39, 0.29) is 11.9 Å². The lowest BCUT2D eigenvalue weighted by molar-refractivity contribution is -0.128. The zero-order valence-corrected chi connectivity index (χ0v) is 11.2. The Balaban J connectivity index is 2.67. The number of hydrogen-bond acceptors (Lipinski definition) is 2. The van der Waals surface area contributed by atoms with Crippen LogP contribution in [0.5, 0.6) is 0 Å². The number of nitrogens with zero attached hydrogens (tertiary/aromatic N) is 2. The fourth-order valence-electron chi connectivity index (χ4n) is 2.31. The molecule has 0 spiro atoms. The van der Waals surface area contributed by atoms with Crippen LogP contribution < -0.4 is 5.32 Å².